The van der Waals surface area contributed by atoms with Gasteiger partial charge < -0.3 is 15.0 Å². The van der Waals surface area contributed by atoms with Crippen molar-refractivity contribution in [3.8, 4) is 5.75 Å². The fraction of sp³-hybridized carbons (Fsp3) is 0.565. The van der Waals surface area contributed by atoms with Gasteiger partial charge in [-0.15, -0.1) is 5.10 Å². The third-order valence-corrected chi connectivity index (χ3v) is 6.58. The lowest BCUT2D eigenvalue weighted by Crippen LogP contribution is -2.44. The Labute approximate surface area is 193 Å². The molecule has 2 amide bonds. The zero-order valence-corrected chi connectivity index (χ0v) is 19.3. The molecule has 4 rings (SSSR count). The molecule has 0 spiro atoms. The van der Waals surface area contributed by atoms with Gasteiger partial charge in [0.1, 0.15) is 5.75 Å². The van der Waals surface area contributed by atoms with Crippen LogP contribution in [0.4, 0.5) is 0 Å². The van der Waals surface area contributed by atoms with Crippen LogP contribution in [-0.2, 0) is 4.79 Å². The molecule has 9 heteroatoms. The second-order valence-corrected chi connectivity index (χ2v) is 9.20. The molecule has 8 nitrogen and oxygen atoms in total. The summed E-state index contributed by atoms with van der Waals surface area (Å²) >= 11 is 5.98. The summed E-state index contributed by atoms with van der Waals surface area (Å²) in [6.07, 6.45) is 6.72. The quantitative estimate of drug-likeness (QED) is 0.713. The molecular formula is C23H30ClN5O3. The molecule has 0 radical (unpaired) electrons. The summed E-state index contributed by atoms with van der Waals surface area (Å²) in [7, 11) is 0. The summed E-state index contributed by atoms with van der Waals surface area (Å²) in [5, 5.41) is 12.1. The van der Waals surface area contributed by atoms with Crippen molar-refractivity contribution in [2.45, 2.75) is 70.6 Å². The highest BCUT2D eigenvalue weighted by atomic mass is 35.5. The van der Waals surface area contributed by atoms with Gasteiger partial charge in [-0.05, 0) is 76.1 Å². The van der Waals surface area contributed by atoms with Gasteiger partial charge in [-0.2, -0.15) is 0 Å². The van der Waals surface area contributed by atoms with Crippen LogP contribution in [-0.4, -0.2) is 56.9 Å². The van der Waals surface area contributed by atoms with E-state index in [1.54, 1.807) is 25.3 Å². The smallest absolute Gasteiger partial charge is 0.276 e. The van der Waals surface area contributed by atoms with Crippen molar-refractivity contribution >= 4 is 23.4 Å². The minimum Gasteiger partial charge on any atom is -0.481 e. The molecule has 32 heavy (non-hydrogen) atoms. The van der Waals surface area contributed by atoms with Crippen molar-refractivity contribution in [3.05, 3.63) is 40.7 Å². The molecule has 1 saturated carbocycles. The highest BCUT2D eigenvalue weighted by Gasteiger charge is 2.28. The van der Waals surface area contributed by atoms with E-state index in [9.17, 15) is 9.59 Å². The number of aromatic nitrogens is 3. The van der Waals surface area contributed by atoms with Crippen LogP contribution in [0.3, 0.4) is 0 Å². The van der Waals surface area contributed by atoms with E-state index in [-0.39, 0.29) is 23.9 Å². The predicted molar refractivity (Wildman–Crippen MR) is 121 cm³/mol. The van der Waals surface area contributed by atoms with E-state index in [0.717, 1.165) is 57.2 Å². The summed E-state index contributed by atoms with van der Waals surface area (Å²) in [6.45, 7) is 5.26. The molecular weight excluding hydrogens is 430 g/mol. The number of carbonyl (C=O) groups is 2. The predicted octanol–water partition coefficient (Wildman–Crippen LogP) is 3.54. The van der Waals surface area contributed by atoms with Gasteiger partial charge in [-0.3, -0.25) is 9.59 Å². The topological polar surface area (TPSA) is 89.4 Å². The first-order valence-corrected chi connectivity index (χ1v) is 11.7. The Morgan fingerprint density at radius 3 is 2.59 bits per heavy atom. The van der Waals surface area contributed by atoms with Gasteiger partial charge in [0.2, 0.25) is 0 Å². The number of amides is 2. The minimum atomic E-state index is -0.595. The fourth-order valence-electron chi connectivity index (χ4n) is 4.43. The third-order valence-electron chi connectivity index (χ3n) is 6.35. The van der Waals surface area contributed by atoms with Gasteiger partial charge in [0.15, 0.2) is 11.8 Å². The number of nitrogens with zero attached hydrogens (tertiary/aromatic N) is 4. The summed E-state index contributed by atoms with van der Waals surface area (Å²) in [5.41, 5.74) is 1.32. The molecule has 1 saturated heterocycles. The van der Waals surface area contributed by atoms with Crippen LogP contribution in [0.1, 0.15) is 67.5 Å². The zero-order valence-electron chi connectivity index (χ0n) is 18.6. The monoisotopic (exact) mass is 459 g/mol. The molecule has 2 aliphatic rings. The fourth-order valence-corrected chi connectivity index (χ4v) is 4.65. The van der Waals surface area contributed by atoms with E-state index in [0.29, 0.717) is 16.5 Å². The molecule has 172 valence electrons. The van der Waals surface area contributed by atoms with Gasteiger partial charge in [0, 0.05) is 24.2 Å². The SMILES string of the molecule is Cc1cc(Cl)ccc1OC(C)C(=O)N[C@H]1CC[C@@H](n2cc(C(=O)N3CCCC3)nn2)CC1. The van der Waals surface area contributed by atoms with Gasteiger partial charge in [0.05, 0.1) is 12.2 Å². The van der Waals surface area contributed by atoms with E-state index >= 15 is 0 Å². The highest BCUT2D eigenvalue weighted by molar-refractivity contribution is 6.30. The van der Waals surface area contributed by atoms with Crippen LogP contribution in [0.25, 0.3) is 0 Å². The van der Waals surface area contributed by atoms with E-state index in [1.807, 2.05) is 22.6 Å². The average molecular weight is 460 g/mol. The molecule has 1 aromatic heterocycles. The molecule has 1 aliphatic carbocycles. The molecule has 2 heterocycles. The van der Waals surface area contributed by atoms with Crippen LogP contribution in [0.5, 0.6) is 5.75 Å². The summed E-state index contributed by atoms with van der Waals surface area (Å²) < 4.78 is 7.65. The lowest BCUT2D eigenvalue weighted by atomic mass is 9.91. The van der Waals surface area contributed by atoms with Crippen LogP contribution in [0, 0.1) is 6.92 Å². The number of aryl methyl sites for hydroxylation is 1. The second kappa shape index (κ2) is 9.90. The Morgan fingerprint density at radius 1 is 1.19 bits per heavy atom. The molecule has 1 atom stereocenters. The van der Waals surface area contributed by atoms with Crippen LogP contribution in [0.15, 0.2) is 24.4 Å². The minimum absolute atomic E-state index is 0.0281. The molecule has 2 aromatic rings. The van der Waals surface area contributed by atoms with Gasteiger partial charge in [-0.25, -0.2) is 4.68 Å². The number of likely N-dealkylation sites (tertiary alicyclic amines) is 1. The number of nitrogens with one attached hydrogen (secondary N) is 1. The maximum atomic E-state index is 12.6. The van der Waals surface area contributed by atoms with E-state index < -0.39 is 6.10 Å². The zero-order chi connectivity index (χ0) is 22.7. The van der Waals surface area contributed by atoms with Gasteiger partial charge in [0.25, 0.3) is 11.8 Å². The van der Waals surface area contributed by atoms with Crippen LogP contribution >= 0.6 is 11.6 Å². The molecule has 1 aromatic carbocycles. The van der Waals surface area contributed by atoms with Crippen molar-refractivity contribution in [1.82, 2.24) is 25.2 Å². The van der Waals surface area contributed by atoms with Gasteiger partial charge in [-0.1, -0.05) is 16.8 Å². The van der Waals surface area contributed by atoms with Crippen molar-refractivity contribution in [3.63, 3.8) is 0 Å². The van der Waals surface area contributed by atoms with Crippen LogP contribution in [0.2, 0.25) is 5.02 Å². The molecule has 1 N–H and O–H groups in total. The molecule has 2 fully saturated rings. The number of rotatable bonds is 6. The summed E-state index contributed by atoms with van der Waals surface area (Å²) in [5.74, 6) is 0.507. The first kappa shape index (κ1) is 22.6. The number of halogens is 1. The lowest BCUT2D eigenvalue weighted by molar-refractivity contribution is -0.128. The Balaban J connectivity index is 1.25. The van der Waals surface area contributed by atoms with Crippen LogP contribution < -0.4 is 10.1 Å². The number of hydrogen-bond donors (Lipinski definition) is 1. The summed E-state index contributed by atoms with van der Waals surface area (Å²) in [4.78, 5) is 27.0. The standard InChI is InChI=1S/C23H30ClN5O3/c1-15-13-17(24)5-10-21(15)32-16(2)22(30)25-18-6-8-19(9-7-18)29-14-20(26-27-29)23(31)28-11-3-4-12-28/h5,10,13-14,16,18-19H,3-4,6-9,11-12H2,1-2H3,(H,25,30)/t16?,18-,19+. The van der Waals surface area contributed by atoms with Crippen molar-refractivity contribution in [2.75, 3.05) is 13.1 Å². The van der Waals surface area contributed by atoms with Crippen molar-refractivity contribution < 1.29 is 14.3 Å². The maximum Gasteiger partial charge on any atom is 0.276 e. The Bertz CT molecular complexity index is 964. The normalized spacial score (nSPS) is 21.9. The van der Waals surface area contributed by atoms with Gasteiger partial charge >= 0.3 is 0 Å². The largest absolute Gasteiger partial charge is 0.481 e. The molecule has 1 unspecified atom stereocenters. The molecule has 0 bridgehead atoms. The van der Waals surface area contributed by atoms with Crippen molar-refractivity contribution in [1.29, 1.82) is 0 Å². The maximum absolute atomic E-state index is 12.6. The Kier molecular flexibility index (Phi) is 6.98. The van der Waals surface area contributed by atoms with E-state index in [4.69, 9.17) is 16.3 Å². The van der Waals surface area contributed by atoms with E-state index in [2.05, 4.69) is 15.6 Å². The van der Waals surface area contributed by atoms with E-state index in [1.165, 1.54) is 0 Å². The average Bonchev–Trinajstić information content (AvgIpc) is 3.48. The molecule has 1 aliphatic heterocycles. The Morgan fingerprint density at radius 2 is 1.91 bits per heavy atom. The number of ether oxygens (including phenoxy) is 1. The first-order chi connectivity index (χ1) is 15.4. The number of benzene rings is 1. The number of carbonyl (C=O) groups excluding carboxylic acids is 2. The lowest BCUT2D eigenvalue weighted by Gasteiger charge is -2.29. The number of hydrogen-bond acceptors (Lipinski definition) is 5. The van der Waals surface area contributed by atoms with Crippen molar-refractivity contribution in [2.24, 2.45) is 0 Å². The second-order valence-electron chi connectivity index (χ2n) is 8.77. The first-order valence-electron chi connectivity index (χ1n) is 11.3. The summed E-state index contributed by atoms with van der Waals surface area (Å²) in [6, 6.07) is 5.65. The highest BCUT2D eigenvalue weighted by Crippen LogP contribution is 2.28. The Hall–Kier alpha value is -2.61. The third kappa shape index (κ3) is 5.23.